The smallest absolute Gasteiger partial charge is 0.246 e. The normalized spacial score (nSPS) is 16.1. The molecule has 0 fully saturated rings. The van der Waals surface area contributed by atoms with Crippen molar-refractivity contribution in [2.45, 2.75) is 37.8 Å². The van der Waals surface area contributed by atoms with Crippen LogP contribution in [0.1, 0.15) is 25.3 Å². The first-order valence-electron chi connectivity index (χ1n) is 9.34. The van der Waals surface area contributed by atoms with E-state index in [1.165, 1.54) is 6.07 Å². The van der Waals surface area contributed by atoms with Gasteiger partial charge in [0.05, 0.1) is 23.6 Å². The molecule has 0 aliphatic carbocycles. The van der Waals surface area contributed by atoms with E-state index >= 15 is 0 Å². The topological polar surface area (TPSA) is 112 Å². The maximum absolute atomic E-state index is 11.6. The van der Waals surface area contributed by atoms with Crippen LogP contribution < -0.4 is 14.8 Å². The van der Waals surface area contributed by atoms with Crippen LogP contribution in [-0.4, -0.2) is 31.2 Å². The molecule has 1 aliphatic heterocycles. The molecule has 2 heterocycles. The lowest BCUT2D eigenvalue weighted by molar-refractivity contribution is 0.340. The third-order valence-corrected chi connectivity index (χ3v) is 5.85. The molecule has 0 radical (unpaired) electrons. The summed E-state index contributed by atoms with van der Waals surface area (Å²) >= 11 is 0. The van der Waals surface area contributed by atoms with Gasteiger partial charge in [-0.1, -0.05) is 17.3 Å². The van der Waals surface area contributed by atoms with Crippen molar-refractivity contribution in [2.75, 3.05) is 11.5 Å². The number of ether oxygens (including phenoxy) is 1. The predicted octanol–water partition coefficient (Wildman–Crippen LogP) is 2.73. The number of para-hydroxylation sites is 1. The summed E-state index contributed by atoms with van der Waals surface area (Å²) in [5.74, 6) is 1.65. The standard InChI is InChI=1S/C20H22N4O4S/c1-3-27-18-7-5-4-6-16(18)20-22-19(28-23-20)12-24-13(2)10-14-11-15(29(21,25)26)8-9-17(14)24/h4-9,11,13H,3,10,12H2,1-2H3,(H2,21,25,26)/t13-/m1/s1. The molecule has 2 N–H and O–H groups in total. The molecule has 0 unspecified atom stereocenters. The predicted molar refractivity (Wildman–Crippen MR) is 108 cm³/mol. The molecular weight excluding hydrogens is 392 g/mol. The minimum atomic E-state index is -3.73. The fourth-order valence-electron chi connectivity index (χ4n) is 3.60. The van der Waals surface area contributed by atoms with Crippen molar-refractivity contribution in [3.8, 4) is 17.1 Å². The van der Waals surface area contributed by atoms with Crippen LogP contribution in [-0.2, 0) is 23.0 Å². The van der Waals surface area contributed by atoms with Gasteiger partial charge in [0.25, 0.3) is 0 Å². The average Bonchev–Trinajstić information content (AvgIpc) is 3.26. The zero-order valence-electron chi connectivity index (χ0n) is 16.2. The summed E-state index contributed by atoms with van der Waals surface area (Å²) in [5, 5.41) is 9.36. The number of hydrogen-bond donors (Lipinski definition) is 1. The second kappa shape index (κ2) is 7.49. The number of fused-ring (bicyclic) bond motifs is 1. The molecule has 0 saturated heterocycles. The number of benzene rings is 2. The lowest BCUT2D eigenvalue weighted by Gasteiger charge is -2.22. The molecule has 29 heavy (non-hydrogen) atoms. The number of hydrogen-bond acceptors (Lipinski definition) is 7. The highest BCUT2D eigenvalue weighted by molar-refractivity contribution is 7.89. The van der Waals surface area contributed by atoms with Gasteiger partial charge < -0.3 is 14.2 Å². The van der Waals surface area contributed by atoms with E-state index in [9.17, 15) is 8.42 Å². The third-order valence-electron chi connectivity index (χ3n) is 4.94. The SMILES string of the molecule is CCOc1ccccc1-c1noc(CN2c3ccc(S(N)(=O)=O)cc3C[C@H]2C)n1. The Morgan fingerprint density at radius 3 is 2.83 bits per heavy atom. The largest absolute Gasteiger partial charge is 0.493 e. The van der Waals surface area contributed by atoms with Crippen LogP contribution in [0.25, 0.3) is 11.4 Å². The van der Waals surface area contributed by atoms with E-state index in [-0.39, 0.29) is 10.9 Å². The fraction of sp³-hybridized carbons (Fsp3) is 0.300. The lowest BCUT2D eigenvalue weighted by atomic mass is 10.1. The molecule has 1 atom stereocenters. The highest BCUT2D eigenvalue weighted by atomic mass is 32.2. The molecule has 3 aromatic rings. The first-order chi connectivity index (χ1) is 13.9. The first kappa shape index (κ1) is 19.4. The minimum absolute atomic E-state index is 0.123. The monoisotopic (exact) mass is 414 g/mol. The second-order valence-electron chi connectivity index (χ2n) is 6.96. The Morgan fingerprint density at radius 1 is 1.28 bits per heavy atom. The molecule has 0 spiro atoms. The highest BCUT2D eigenvalue weighted by Crippen LogP contribution is 2.35. The zero-order valence-corrected chi connectivity index (χ0v) is 17.0. The summed E-state index contributed by atoms with van der Waals surface area (Å²) < 4.78 is 34.4. The fourth-order valence-corrected chi connectivity index (χ4v) is 4.16. The maximum Gasteiger partial charge on any atom is 0.246 e. The van der Waals surface area contributed by atoms with Crippen molar-refractivity contribution in [1.29, 1.82) is 0 Å². The van der Waals surface area contributed by atoms with Gasteiger partial charge >= 0.3 is 0 Å². The van der Waals surface area contributed by atoms with Crippen LogP contribution in [0.15, 0.2) is 51.9 Å². The van der Waals surface area contributed by atoms with Crippen LogP contribution in [0.3, 0.4) is 0 Å². The van der Waals surface area contributed by atoms with E-state index in [1.807, 2.05) is 31.2 Å². The van der Waals surface area contributed by atoms with Crippen molar-refractivity contribution >= 4 is 15.7 Å². The number of anilines is 1. The molecule has 152 valence electrons. The summed E-state index contributed by atoms with van der Waals surface area (Å²) in [5.41, 5.74) is 2.65. The van der Waals surface area contributed by atoms with Crippen molar-refractivity contribution < 1.29 is 17.7 Å². The van der Waals surface area contributed by atoms with Crippen LogP contribution in [0, 0.1) is 0 Å². The Hall–Kier alpha value is -2.91. The lowest BCUT2D eigenvalue weighted by Crippen LogP contribution is -2.28. The Morgan fingerprint density at radius 2 is 2.07 bits per heavy atom. The van der Waals surface area contributed by atoms with Gasteiger partial charge in [-0.25, -0.2) is 13.6 Å². The Balaban J connectivity index is 1.59. The quantitative estimate of drug-likeness (QED) is 0.660. The van der Waals surface area contributed by atoms with Gasteiger partial charge in [0.1, 0.15) is 5.75 Å². The molecule has 0 bridgehead atoms. The molecule has 8 nitrogen and oxygen atoms in total. The maximum atomic E-state index is 11.6. The van der Waals surface area contributed by atoms with E-state index in [2.05, 4.69) is 22.0 Å². The van der Waals surface area contributed by atoms with Crippen LogP contribution >= 0.6 is 0 Å². The summed E-state index contributed by atoms with van der Waals surface area (Å²) in [7, 11) is -3.73. The molecule has 9 heteroatoms. The first-order valence-corrected chi connectivity index (χ1v) is 10.9. The Kier molecular flexibility index (Phi) is 5.01. The van der Waals surface area contributed by atoms with E-state index < -0.39 is 10.0 Å². The second-order valence-corrected chi connectivity index (χ2v) is 8.52. The minimum Gasteiger partial charge on any atom is -0.493 e. The molecule has 0 amide bonds. The summed E-state index contributed by atoms with van der Waals surface area (Å²) in [4.78, 5) is 6.78. The van der Waals surface area contributed by atoms with Crippen LogP contribution in [0.2, 0.25) is 0 Å². The van der Waals surface area contributed by atoms with Gasteiger partial charge in [-0.2, -0.15) is 4.98 Å². The molecule has 0 saturated carbocycles. The van der Waals surface area contributed by atoms with Gasteiger partial charge in [0.2, 0.25) is 21.7 Å². The summed E-state index contributed by atoms with van der Waals surface area (Å²) in [6, 6.07) is 12.7. The van der Waals surface area contributed by atoms with Gasteiger partial charge in [-0.15, -0.1) is 0 Å². The number of sulfonamides is 1. The highest BCUT2D eigenvalue weighted by Gasteiger charge is 2.29. The van der Waals surface area contributed by atoms with Gasteiger partial charge in [-0.05, 0) is 56.2 Å². The molecule has 1 aliphatic rings. The number of nitrogens with zero attached hydrogens (tertiary/aromatic N) is 3. The van der Waals surface area contributed by atoms with Crippen molar-refractivity contribution in [3.63, 3.8) is 0 Å². The van der Waals surface area contributed by atoms with Crippen molar-refractivity contribution in [3.05, 3.63) is 53.9 Å². The Bertz CT molecular complexity index is 1140. The molecule has 4 rings (SSSR count). The van der Waals surface area contributed by atoms with E-state index in [0.717, 1.165) is 16.8 Å². The van der Waals surface area contributed by atoms with Gasteiger partial charge in [-0.3, -0.25) is 0 Å². The van der Waals surface area contributed by atoms with Crippen LogP contribution in [0.4, 0.5) is 5.69 Å². The van der Waals surface area contributed by atoms with Crippen molar-refractivity contribution in [2.24, 2.45) is 5.14 Å². The number of nitrogens with two attached hydrogens (primary N) is 1. The summed E-state index contributed by atoms with van der Waals surface area (Å²) in [6.07, 6.45) is 0.715. The van der Waals surface area contributed by atoms with E-state index in [1.54, 1.807) is 12.1 Å². The molecular formula is C20H22N4O4S. The van der Waals surface area contributed by atoms with E-state index in [0.29, 0.717) is 37.0 Å². The number of rotatable bonds is 6. The zero-order chi connectivity index (χ0) is 20.6. The molecule has 2 aromatic carbocycles. The molecule has 1 aromatic heterocycles. The average molecular weight is 414 g/mol. The van der Waals surface area contributed by atoms with E-state index in [4.69, 9.17) is 14.4 Å². The number of aromatic nitrogens is 2. The van der Waals surface area contributed by atoms with Crippen molar-refractivity contribution in [1.82, 2.24) is 10.1 Å². The summed E-state index contributed by atoms with van der Waals surface area (Å²) in [6.45, 7) is 4.96. The number of primary sulfonamides is 1. The van der Waals surface area contributed by atoms with Gasteiger partial charge in [0.15, 0.2) is 0 Å². The van der Waals surface area contributed by atoms with Gasteiger partial charge in [0, 0.05) is 11.7 Å². The van der Waals surface area contributed by atoms with Crippen LogP contribution in [0.5, 0.6) is 5.75 Å². The Labute approximate surface area is 169 Å². The third kappa shape index (κ3) is 3.83.